The molecule has 0 aromatic heterocycles. The van der Waals surface area contributed by atoms with Crippen LogP contribution < -0.4 is 5.73 Å². The zero-order valence-electron chi connectivity index (χ0n) is 10.9. The Morgan fingerprint density at radius 2 is 2.11 bits per heavy atom. The number of halogens is 1. The number of likely N-dealkylation sites (tertiary alicyclic amines) is 1. The summed E-state index contributed by atoms with van der Waals surface area (Å²) in [6.45, 7) is 3.72. The molecule has 0 radical (unpaired) electrons. The average molecular weight is 283 g/mol. The van der Waals surface area contributed by atoms with Crippen LogP contribution in [-0.2, 0) is 4.74 Å². The van der Waals surface area contributed by atoms with E-state index in [1.54, 1.807) is 18.2 Å². The van der Waals surface area contributed by atoms with Crippen molar-refractivity contribution in [2.45, 2.75) is 19.3 Å². The van der Waals surface area contributed by atoms with Crippen molar-refractivity contribution in [3.63, 3.8) is 0 Å². The van der Waals surface area contributed by atoms with Crippen LogP contribution in [0.1, 0.15) is 29.6 Å². The first-order valence-corrected chi connectivity index (χ1v) is 6.99. The summed E-state index contributed by atoms with van der Waals surface area (Å²) in [6, 6.07) is 4.81. The molecule has 19 heavy (non-hydrogen) atoms. The first kappa shape index (κ1) is 14.2. The Balaban J connectivity index is 1.75. The van der Waals surface area contributed by atoms with Gasteiger partial charge in [-0.2, -0.15) is 0 Å². The number of hydrogen-bond acceptors (Lipinski definition) is 4. The Kier molecular flexibility index (Phi) is 5.05. The Labute approximate surface area is 118 Å². The van der Waals surface area contributed by atoms with Gasteiger partial charge in [-0.3, -0.25) is 0 Å². The summed E-state index contributed by atoms with van der Waals surface area (Å²) >= 11 is 5.94. The molecule has 1 aliphatic rings. The molecule has 1 aliphatic heterocycles. The number of carbonyl (C=O) groups is 1. The molecular weight excluding hydrogens is 264 g/mol. The smallest absolute Gasteiger partial charge is 0.339 e. The van der Waals surface area contributed by atoms with Crippen molar-refractivity contribution in [3.8, 4) is 0 Å². The highest BCUT2D eigenvalue weighted by Gasteiger charge is 2.13. The van der Waals surface area contributed by atoms with Gasteiger partial charge in [-0.15, -0.1) is 0 Å². The van der Waals surface area contributed by atoms with Crippen molar-refractivity contribution in [2.24, 2.45) is 0 Å². The summed E-state index contributed by atoms with van der Waals surface area (Å²) in [5.41, 5.74) is 6.47. The highest BCUT2D eigenvalue weighted by atomic mass is 35.5. The Morgan fingerprint density at radius 1 is 1.37 bits per heavy atom. The molecule has 4 nitrogen and oxygen atoms in total. The minimum atomic E-state index is -0.404. The van der Waals surface area contributed by atoms with E-state index < -0.39 is 5.97 Å². The van der Waals surface area contributed by atoms with Crippen molar-refractivity contribution in [1.29, 1.82) is 0 Å². The molecule has 0 bridgehead atoms. The van der Waals surface area contributed by atoms with Gasteiger partial charge in [-0.25, -0.2) is 4.79 Å². The number of nitrogens with two attached hydrogens (primary N) is 1. The van der Waals surface area contributed by atoms with Gasteiger partial charge in [0.05, 0.1) is 17.2 Å². The zero-order chi connectivity index (χ0) is 13.7. The molecule has 0 unspecified atom stereocenters. The van der Waals surface area contributed by atoms with Gasteiger partial charge in [0.2, 0.25) is 0 Å². The third-order valence-corrected chi connectivity index (χ3v) is 3.59. The first-order valence-electron chi connectivity index (χ1n) is 6.61. The molecule has 0 amide bonds. The van der Waals surface area contributed by atoms with Crippen molar-refractivity contribution < 1.29 is 9.53 Å². The number of nitrogens with zero attached hydrogens (tertiary/aromatic N) is 1. The number of benzene rings is 1. The summed E-state index contributed by atoms with van der Waals surface area (Å²) in [6.07, 6.45) is 3.41. The van der Waals surface area contributed by atoms with Crippen LogP contribution in [0.25, 0.3) is 0 Å². The van der Waals surface area contributed by atoms with Crippen LogP contribution in [0.3, 0.4) is 0 Å². The number of hydrogen-bond donors (Lipinski definition) is 1. The number of carbonyl (C=O) groups excluding carboxylic acids is 1. The second-order valence-corrected chi connectivity index (χ2v) is 5.18. The molecule has 0 aliphatic carbocycles. The number of ether oxygens (including phenoxy) is 1. The molecular formula is C14H19ClN2O2. The number of esters is 1. The lowest BCUT2D eigenvalue weighted by Gasteiger charge is -2.14. The van der Waals surface area contributed by atoms with Crippen LogP contribution in [0.4, 0.5) is 5.69 Å². The van der Waals surface area contributed by atoms with E-state index in [4.69, 9.17) is 22.1 Å². The van der Waals surface area contributed by atoms with E-state index in [2.05, 4.69) is 4.90 Å². The molecule has 5 heteroatoms. The summed E-state index contributed by atoms with van der Waals surface area (Å²) < 4.78 is 5.22. The van der Waals surface area contributed by atoms with Gasteiger partial charge in [0.1, 0.15) is 0 Å². The highest BCUT2D eigenvalue weighted by molar-refractivity contribution is 6.33. The Morgan fingerprint density at radius 3 is 2.84 bits per heavy atom. The van der Waals surface area contributed by atoms with Gasteiger partial charge in [-0.05, 0) is 50.6 Å². The molecule has 2 rings (SSSR count). The van der Waals surface area contributed by atoms with Crippen molar-refractivity contribution in [1.82, 2.24) is 4.90 Å². The van der Waals surface area contributed by atoms with Gasteiger partial charge in [0, 0.05) is 12.2 Å². The van der Waals surface area contributed by atoms with Crippen LogP contribution >= 0.6 is 11.6 Å². The molecule has 2 N–H and O–H groups in total. The van der Waals surface area contributed by atoms with Gasteiger partial charge in [0.25, 0.3) is 0 Å². The maximum absolute atomic E-state index is 11.8. The first-order chi connectivity index (χ1) is 9.16. The number of nitrogen functional groups attached to an aromatic ring is 1. The lowest BCUT2D eigenvalue weighted by atomic mass is 10.2. The third kappa shape index (κ3) is 4.11. The standard InChI is InChI=1S/C14H19ClN2O2/c15-13-5-4-11(16)10-12(13)14(18)19-9-3-8-17-6-1-2-7-17/h4-5,10H,1-3,6-9,16H2. The molecule has 1 heterocycles. The van der Waals surface area contributed by atoms with E-state index in [-0.39, 0.29) is 0 Å². The number of anilines is 1. The van der Waals surface area contributed by atoms with Crippen molar-refractivity contribution in [3.05, 3.63) is 28.8 Å². The molecule has 1 aromatic rings. The minimum absolute atomic E-state index is 0.336. The van der Waals surface area contributed by atoms with E-state index in [1.807, 2.05) is 0 Å². The summed E-state index contributed by atoms with van der Waals surface area (Å²) in [4.78, 5) is 14.2. The monoisotopic (exact) mass is 282 g/mol. The van der Waals surface area contributed by atoms with E-state index >= 15 is 0 Å². The lowest BCUT2D eigenvalue weighted by molar-refractivity contribution is 0.0491. The highest BCUT2D eigenvalue weighted by Crippen LogP contribution is 2.19. The van der Waals surface area contributed by atoms with E-state index in [0.29, 0.717) is 22.9 Å². The number of rotatable bonds is 5. The predicted octanol–water partition coefficient (Wildman–Crippen LogP) is 2.56. The summed E-state index contributed by atoms with van der Waals surface area (Å²) in [5, 5.41) is 0.374. The fourth-order valence-corrected chi connectivity index (χ4v) is 2.43. The van der Waals surface area contributed by atoms with Gasteiger partial charge >= 0.3 is 5.97 Å². The topological polar surface area (TPSA) is 55.6 Å². The molecule has 0 atom stereocenters. The maximum Gasteiger partial charge on any atom is 0.339 e. The quantitative estimate of drug-likeness (QED) is 0.512. The van der Waals surface area contributed by atoms with Gasteiger partial charge in [0.15, 0.2) is 0 Å². The molecule has 0 saturated carbocycles. The minimum Gasteiger partial charge on any atom is -0.462 e. The SMILES string of the molecule is Nc1ccc(Cl)c(C(=O)OCCCN2CCCC2)c1. The van der Waals surface area contributed by atoms with Crippen LogP contribution in [-0.4, -0.2) is 37.1 Å². The second-order valence-electron chi connectivity index (χ2n) is 4.78. The van der Waals surface area contributed by atoms with Gasteiger partial charge < -0.3 is 15.4 Å². The maximum atomic E-state index is 11.8. The largest absolute Gasteiger partial charge is 0.462 e. The molecule has 1 aromatic carbocycles. The summed E-state index contributed by atoms with van der Waals surface area (Å²) in [7, 11) is 0. The fraction of sp³-hybridized carbons (Fsp3) is 0.500. The van der Waals surface area contributed by atoms with E-state index in [9.17, 15) is 4.79 Å². The third-order valence-electron chi connectivity index (χ3n) is 3.26. The van der Waals surface area contributed by atoms with Crippen LogP contribution in [0.15, 0.2) is 18.2 Å². The lowest BCUT2D eigenvalue weighted by Crippen LogP contribution is -2.22. The van der Waals surface area contributed by atoms with E-state index in [0.717, 1.165) is 26.1 Å². The Hall–Kier alpha value is -1.26. The summed E-state index contributed by atoms with van der Waals surface area (Å²) in [5.74, 6) is -0.404. The second kappa shape index (κ2) is 6.78. The molecule has 1 saturated heterocycles. The van der Waals surface area contributed by atoms with E-state index in [1.165, 1.54) is 12.8 Å². The van der Waals surface area contributed by atoms with Gasteiger partial charge in [-0.1, -0.05) is 11.6 Å². The normalized spacial score (nSPS) is 15.6. The molecule has 1 fully saturated rings. The zero-order valence-corrected chi connectivity index (χ0v) is 11.7. The van der Waals surface area contributed by atoms with Crippen LogP contribution in [0, 0.1) is 0 Å². The van der Waals surface area contributed by atoms with Crippen LogP contribution in [0.2, 0.25) is 5.02 Å². The average Bonchev–Trinajstić information content (AvgIpc) is 2.90. The predicted molar refractivity (Wildman–Crippen MR) is 76.4 cm³/mol. The van der Waals surface area contributed by atoms with Crippen LogP contribution in [0.5, 0.6) is 0 Å². The molecule has 0 spiro atoms. The van der Waals surface area contributed by atoms with Crippen molar-refractivity contribution in [2.75, 3.05) is 32.0 Å². The Bertz CT molecular complexity index is 445. The van der Waals surface area contributed by atoms with Crippen molar-refractivity contribution >= 4 is 23.3 Å². The fourth-order valence-electron chi connectivity index (χ4n) is 2.24. The molecule has 104 valence electrons.